The van der Waals surface area contributed by atoms with Crippen molar-refractivity contribution in [2.75, 3.05) is 24.7 Å². The first kappa shape index (κ1) is 20.0. The zero-order valence-electron chi connectivity index (χ0n) is 15.5. The summed E-state index contributed by atoms with van der Waals surface area (Å²) >= 11 is 0. The first-order valence-corrected chi connectivity index (χ1v) is 10.6. The fourth-order valence-electron chi connectivity index (χ4n) is 3.18. The molecule has 28 heavy (non-hydrogen) atoms. The highest BCUT2D eigenvalue weighted by atomic mass is 32.2. The monoisotopic (exact) mass is 407 g/mol. The Morgan fingerprint density at radius 3 is 2.39 bits per heavy atom. The van der Waals surface area contributed by atoms with Crippen LogP contribution in [0.5, 0.6) is 0 Å². The molecule has 150 valence electrons. The number of amides is 1. The summed E-state index contributed by atoms with van der Waals surface area (Å²) in [7, 11) is -3.24. The molecule has 2 aromatic rings. The van der Waals surface area contributed by atoms with Crippen molar-refractivity contribution in [1.29, 1.82) is 0 Å². The van der Waals surface area contributed by atoms with Crippen LogP contribution in [0.2, 0.25) is 0 Å². The number of hydrogen-bond acceptors (Lipinski definition) is 6. The molecule has 11 heteroatoms. The summed E-state index contributed by atoms with van der Waals surface area (Å²) in [6.45, 7) is 2.41. The minimum atomic E-state index is -3.24. The molecule has 1 N–H and O–H groups in total. The molecule has 0 radical (unpaired) electrons. The van der Waals surface area contributed by atoms with Crippen LogP contribution in [-0.4, -0.2) is 52.7 Å². The third kappa shape index (κ3) is 4.37. The number of carbonyl (C=O) groups excluding carboxylic acids is 1. The molecule has 1 fully saturated rings. The first-order chi connectivity index (χ1) is 13.1. The van der Waals surface area contributed by atoms with Gasteiger partial charge < -0.3 is 5.32 Å². The number of carbonyl (C=O) groups is 1. The number of non-ortho nitro benzene ring substituents is 1. The maximum atomic E-state index is 12.7. The van der Waals surface area contributed by atoms with Gasteiger partial charge in [-0.1, -0.05) is 0 Å². The molecule has 0 unspecified atom stereocenters. The smallest absolute Gasteiger partial charge is 0.269 e. The summed E-state index contributed by atoms with van der Waals surface area (Å²) in [5.41, 5.74) is 1.23. The number of nitro groups is 1. The van der Waals surface area contributed by atoms with Gasteiger partial charge in [0.05, 0.1) is 22.6 Å². The van der Waals surface area contributed by atoms with Crippen molar-refractivity contribution in [1.82, 2.24) is 14.1 Å². The second kappa shape index (κ2) is 7.68. The molecule has 1 aliphatic heterocycles. The van der Waals surface area contributed by atoms with Crippen molar-refractivity contribution in [3.05, 3.63) is 46.1 Å². The summed E-state index contributed by atoms with van der Waals surface area (Å²) in [6, 6.07) is 7.58. The van der Waals surface area contributed by atoms with E-state index < -0.39 is 14.9 Å². The summed E-state index contributed by atoms with van der Waals surface area (Å²) in [6.07, 6.45) is 2.06. The lowest BCUT2D eigenvalue weighted by atomic mass is 9.97. The Hall–Kier alpha value is -2.79. The van der Waals surface area contributed by atoms with Crippen LogP contribution >= 0.6 is 0 Å². The fourth-order valence-corrected chi connectivity index (χ4v) is 4.05. The number of hydrogen-bond donors (Lipinski definition) is 1. The van der Waals surface area contributed by atoms with Crippen LogP contribution in [0, 0.1) is 23.0 Å². The van der Waals surface area contributed by atoms with Gasteiger partial charge in [-0.2, -0.15) is 5.10 Å². The first-order valence-electron chi connectivity index (χ1n) is 8.72. The molecule has 1 saturated heterocycles. The molecule has 1 aliphatic rings. The van der Waals surface area contributed by atoms with E-state index in [0.717, 1.165) is 0 Å². The molecule has 0 aliphatic carbocycles. The quantitative estimate of drug-likeness (QED) is 0.593. The van der Waals surface area contributed by atoms with E-state index in [1.54, 1.807) is 25.1 Å². The Morgan fingerprint density at radius 2 is 1.86 bits per heavy atom. The predicted octanol–water partition coefficient (Wildman–Crippen LogP) is 1.70. The van der Waals surface area contributed by atoms with Gasteiger partial charge in [0.25, 0.3) is 5.69 Å². The average molecular weight is 407 g/mol. The van der Waals surface area contributed by atoms with Gasteiger partial charge in [0.15, 0.2) is 0 Å². The third-order valence-electron chi connectivity index (χ3n) is 4.68. The third-order valence-corrected chi connectivity index (χ3v) is 5.98. The van der Waals surface area contributed by atoms with Crippen LogP contribution in [0.1, 0.15) is 18.5 Å². The number of anilines is 1. The largest absolute Gasteiger partial charge is 0.310 e. The molecule has 0 saturated carbocycles. The van der Waals surface area contributed by atoms with Crippen LogP contribution in [0.4, 0.5) is 11.5 Å². The number of rotatable bonds is 5. The summed E-state index contributed by atoms with van der Waals surface area (Å²) in [4.78, 5) is 23.0. The van der Waals surface area contributed by atoms with Gasteiger partial charge in [0, 0.05) is 37.2 Å². The highest BCUT2D eigenvalue weighted by Gasteiger charge is 2.29. The maximum absolute atomic E-state index is 12.7. The van der Waals surface area contributed by atoms with E-state index in [1.165, 1.54) is 27.4 Å². The number of nitrogens with one attached hydrogen (secondary N) is 1. The lowest BCUT2D eigenvalue weighted by molar-refractivity contribution is -0.384. The normalized spacial score (nSPS) is 16.1. The maximum Gasteiger partial charge on any atom is 0.269 e. The van der Waals surface area contributed by atoms with Crippen LogP contribution in [-0.2, 0) is 14.8 Å². The zero-order valence-corrected chi connectivity index (χ0v) is 16.3. The van der Waals surface area contributed by atoms with E-state index in [2.05, 4.69) is 10.4 Å². The zero-order chi connectivity index (χ0) is 20.5. The fraction of sp³-hybridized carbons (Fsp3) is 0.412. The van der Waals surface area contributed by atoms with Gasteiger partial charge in [-0.15, -0.1) is 0 Å². The molecule has 0 spiro atoms. The number of benzene rings is 1. The Bertz CT molecular complexity index is 991. The predicted molar refractivity (Wildman–Crippen MR) is 103 cm³/mol. The van der Waals surface area contributed by atoms with Crippen LogP contribution < -0.4 is 5.32 Å². The average Bonchev–Trinajstić information content (AvgIpc) is 3.01. The summed E-state index contributed by atoms with van der Waals surface area (Å²) in [5, 5.41) is 18.0. The molecule has 3 rings (SSSR count). The number of piperidine rings is 1. The Morgan fingerprint density at radius 1 is 1.25 bits per heavy atom. The van der Waals surface area contributed by atoms with Gasteiger partial charge >= 0.3 is 0 Å². The topological polar surface area (TPSA) is 127 Å². The van der Waals surface area contributed by atoms with Crippen molar-refractivity contribution in [3.63, 3.8) is 0 Å². The highest BCUT2D eigenvalue weighted by molar-refractivity contribution is 7.88. The standard InChI is InChI=1S/C17H21N5O5S/c1-12-11-16(21(19-12)14-3-5-15(6-4-14)22(24)25)18-17(23)13-7-9-20(10-8-13)28(2,26)27/h3-6,11,13H,7-10H2,1-2H3,(H,18,23). The number of aryl methyl sites for hydroxylation is 1. The SMILES string of the molecule is Cc1cc(NC(=O)C2CCN(S(C)(=O)=O)CC2)n(-c2ccc([N+](=O)[O-])cc2)n1. The van der Waals surface area contributed by atoms with Crippen LogP contribution in [0.3, 0.4) is 0 Å². The minimum Gasteiger partial charge on any atom is -0.310 e. The van der Waals surface area contributed by atoms with E-state index in [9.17, 15) is 23.3 Å². The number of nitro benzene ring substituents is 1. The minimum absolute atomic E-state index is 0.0316. The number of sulfonamides is 1. The van der Waals surface area contributed by atoms with Gasteiger partial charge in [-0.25, -0.2) is 17.4 Å². The van der Waals surface area contributed by atoms with Crippen molar-refractivity contribution >= 4 is 27.4 Å². The Labute approximate surface area is 162 Å². The Kier molecular flexibility index (Phi) is 5.47. The molecule has 1 aromatic heterocycles. The lowest BCUT2D eigenvalue weighted by Gasteiger charge is -2.29. The van der Waals surface area contributed by atoms with Crippen LogP contribution in [0.15, 0.2) is 30.3 Å². The van der Waals surface area contributed by atoms with Gasteiger partial charge in [0.1, 0.15) is 5.82 Å². The van der Waals surface area contributed by atoms with Crippen molar-refractivity contribution in [3.8, 4) is 5.69 Å². The second-order valence-corrected chi connectivity index (χ2v) is 8.76. The summed E-state index contributed by atoms with van der Waals surface area (Å²) < 4.78 is 26.1. The van der Waals surface area contributed by atoms with Gasteiger partial charge in [0.2, 0.25) is 15.9 Å². The van der Waals surface area contributed by atoms with Crippen molar-refractivity contribution < 1.29 is 18.1 Å². The highest BCUT2D eigenvalue weighted by Crippen LogP contribution is 2.24. The molecule has 0 bridgehead atoms. The molecule has 2 heterocycles. The number of nitrogens with zero attached hydrogens (tertiary/aromatic N) is 4. The molecule has 10 nitrogen and oxygen atoms in total. The Balaban J connectivity index is 1.73. The van der Waals surface area contributed by atoms with E-state index in [1.807, 2.05) is 0 Å². The summed E-state index contributed by atoms with van der Waals surface area (Å²) in [5.74, 6) is -0.0309. The second-order valence-electron chi connectivity index (χ2n) is 6.78. The van der Waals surface area contributed by atoms with E-state index in [4.69, 9.17) is 0 Å². The van der Waals surface area contributed by atoms with Crippen molar-refractivity contribution in [2.45, 2.75) is 19.8 Å². The van der Waals surface area contributed by atoms with E-state index in [0.29, 0.717) is 43.1 Å². The van der Waals surface area contributed by atoms with Gasteiger partial charge in [-0.3, -0.25) is 14.9 Å². The molecular formula is C17H21N5O5S. The number of aromatic nitrogens is 2. The van der Waals surface area contributed by atoms with E-state index in [-0.39, 0.29) is 17.5 Å². The molecule has 0 atom stereocenters. The molecular weight excluding hydrogens is 386 g/mol. The lowest BCUT2D eigenvalue weighted by Crippen LogP contribution is -2.41. The van der Waals surface area contributed by atoms with E-state index >= 15 is 0 Å². The van der Waals surface area contributed by atoms with Crippen molar-refractivity contribution in [2.24, 2.45) is 5.92 Å². The molecule has 1 aromatic carbocycles. The van der Waals surface area contributed by atoms with Gasteiger partial charge in [-0.05, 0) is 31.9 Å². The molecule has 1 amide bonds. The van der Waals surface area contributed by atoms with Crippen LogP contribution in [0.25, 0.3) is 5.69 Å².